The molecule has 0 aliphatic rings. The number of hydrogen-bond acceptors (Lipinski definition) is 4. The van der Waals surface area contributed by atoms with E-state index < -0.39 is 0 Å². The van der Waals surface area contributed by atoms with Crippen LogP contribution in [0.3, 0.4) is 0 Å². The highest BCUT2D eigenvalue weighted by molar-refractivity contribution is 6.06. The Bertz CT molecular complexity index is 1410. The van der Waals surface area contributed by atoms with Crippen molar-refractivity contribution in [2.45, 2.75) is 19.9 Å². The quantitative estimate of drug-likeness (QED) is 0.423. The molecule has 0 aliphatic heterocycles. The average Bonchev–Trinajstić information content (AvgIpc) is 3.52. The molecule has 0 aliphatic carbocycles. The summed E-state index contributed by atoms with van der Waals surface area (Å²) in [5.74, 6) is 0.124. The monoisotopic (exact) mass is 425 g/mol. The first-order valence-corrected chi connectivity index (χ1v) is 10.5. The summed E-state index contributed by atoms with van der Waals surface area (Å²) >= 11 is 0. The number of carbonyl (C=O) groups is 1. The Kier molecular flexibility index (Phi) is 5.07. The van der Waals surface area contributed by atoms with Gasteiger partial charge in [-0.25, -0.2) is 4.98 Å². The lowest BCUT2D eigenvalue weighted by atomic mass is 10.1. The fourth-order valence-electron chi connectivity index (χ4n) is 4.00. The molecule has 0 fully saturated rings. The number of nitrogens with zero attached hydrogens (tertiary/aromatic N) is 4. The van der Waals surface area contributed by atoms with Gasteiger partial charge in [-0.3, -0.25) is 9.48 Å². The van der Waals surface area contributed by atoms with Gasteiger partial charge in [0.2, 0.25) is 0 Å². The normalized spacial score (nSPS) is 11.2. The molecule has 5 aromatic rings. The number of fused-ring (bicyclic) bond motifs is 1. The summed E-state index contributed by atoms with van der Waals surface area (Å²) in [6.45, 7) is 2.70. The van der Waals surface area contributed by atoms with Crippen molar-refractivity contribution in [3.8, 4) is 11.3 Å². The molecule has 7 nitrogen and oxygen atoms in total. The van der Waals surface area contributed by atoms with Crippen molar-refractivity contribution in [1.82, 2.24) is 19.3 Å². The molecule has 0 spiro atoms. The smallest absolute Gasteiger partial charge is 0.278 e. The number of hydrogen-bond donors (Lipinski definition) is 1. The summed E-state index contributed by atoms with van der Waals surface area (Å²) in [7, 11) is 2.06. The number of rotatable bonds is 6. The maximum Gasteiger partial charge on any atom is 0.278 e. The lowest BCUT2D eigenvalue weighted by molar-refractivity contribution is 0.102. The van der Waals surface area contributed by atoms with Crippen LogP contribution in [0.2, 0.25) is 0 Å². The van der Waals surface area contributed by atoms with Crippen LogP contribution < -0.4 is 5.32 Å². The molecule has 3 heterocycles. The van der Waals surface area contributed by atoms with E-state index in [9.17, 15) is 4.79 Å². The van der Waals surface area contributed by atoms with Crippen molar-refractivity contribution in [2.24, 2.45) is 7.05 Å². The van der Waals surface area contributed by atoms with Crippen LogP contribution in [0.4, 0.5) is 5.69 Å². The molecular weight excluding hydrogens is 402 g/mol. The van der Waals surface area contributed by atoms with Gasteiger partial charge in [0.25, 0.3) is 5.91 Å². The SMILES string of the molecule is Cc1cccc(-c2ocnc2C(=O)Nc2cnn(CCc3cn(C)c4ccccc34)c2)c1. The number of aryl methyl sites for hydroxylation is 4. The molecule has 0 atom stereocenters. The zero-order chi connectivity index (χ0) is 22.1. The molecule has 7 heteroatoms. The topological polar surface area (TPSA) is 77.9 Å². The molecule has 3 aromatic heterocycles. The third-order valence-electron chi connectivity index (χ3n) is 5.54. The van der Waals surface area contributed by atoms with E-state index in [-0.39, 0.29) is 11.6 Å². The third-order valence-corrected chi connectivity index (χ3v) is 5.54. The highest BCUT2D eigenvalue weighted by Crippen LogP contribution is 2.25. The molecule has 0 unspecified atom stereocenters. The number of amides is 1. The van der Waals surface area contributed by atoms with Crippen LogP contribution in [0.25, 0.3) is 22.2 Å². The van der Waals surface area contributed by atoms with E-state index in [1.54, 1.807) is 6.20 Å². The van der Waals surface area contributed by atoms with Crippen LogP contribution >= 0.6 is 0 Å². The predicted molar refractivity (Wildman–Crippen MR) is 123 cm³/mol. The van der Waals surface area contributed by atoms with Crippen molar-refractivity contribution in [1.29, 1.82) is 0 Å². The fraction of sp³-hybridized carbons (Fsp3) is 0.160. The Morgan fingerprint density at radius 2 is 2.00 bits per heavy atom. The van der Waals surface area contributed by atoms with Crippen LogP contribution in [0.5, 0.6) is 0 Å². The van der Waals surface area contributed by atoms with Crippen molar-refractivity contribution < 1.29 is 9.21 Å². The predicted octanol–water partition coefficient (Wildman–Crippen LogP) is 4.83. The highest BCUT2D eigenvalue weighted by atomic mass is 16.3. The van der Waals surface area contributed by atoms with Crippen molar-refractivity contribution in [2.75, 3.05) is 5.32 Å². The molecule has 1 amide bonds. The van der Waals surface area contributed by atoms with Crippen LogP contribution in [0.1, 0.15) is 21.6 Å². The second-order valence-electron chi connectivity index (χ2n) is 7.88. The second-order valence-corrected chi connectivity index (χ2v) is 7.88. The van der Waals surface area contributed by atoms with Gasteiger partial charge < -0.3 is 14.3 Å². The molecular formula is C25H23N5O2. The zero-order valence-corrected chi connectivity index (χ0v) is 17.9. The van der Waals surface area contributed by atoms with E-state index in [0.717, 1.165) is 17.5 Å². The standard InChI is InChI=1S/C25H23N5O2/c1-17-6-5-7-18(12-17)24-23(26-16-32-24)25(31)28-20-13-27-30(15-20)11-10-19-14-29(2)22-9-4-3-8-21(19)22/h3-9,12-16H,10-11H2,1-2H3,(H,28,31). The zero-order valence-electron chi connectivity index (χ0n) is 17.9. The van der Waals surface area contributed by atoms with Crippen LogP contribution in [0, 0.1) is 6.92 Å². The molecule has 160 valence electrons. The Morgan fingerprint density at radius 3 is 2.88 bits per heavy atom. The van der Waals surface area contributed by atoms with Gasteiger partial charge in [0, 0.05) is 42.5 Å². The minimum absolute atomic E-state index is 0.249. The number of para-hydroxylation sites is 1. The van der Waals surface area contributed by atoms with Crippen LogP contribution in [-0.4, -0.2) is 25.2 Å². The van der Waals surface area contributed by atoms with E-state index in [1.165, 1.54) is 22.9 Å². The minimum Gasteiger partial charge on any atom is -0.443 e. The first-order chi connectivity index (χ1) is 15.6. The summed E-state index contributed by atoms with van der Waals surface area (Å²) in [4.78, 5) is 16.9. The third kappa shape index (κ3) is 3.80. The lowest BCUT2D eigenvalue weighted by Gasteiger charge is -2.03. The minimum atomic E-state index is -0.330. The second kappa shape index (κ2) is 8.19. The fourth-order valence-corrected chi connectivity index (χ4v) is 4.00. The van der Waals surface area contributed by atoms with Gasteiger partial charge >= 0.3 is 0 Å². The number of benzene rings is 2. The highest BCUT2D eigenvalue weighted by Gasteiger charge is 2.19. The Balaban J connectivity index is 1.28. The van der Waals surface area contributed by atoms with Crippen molar-refractivity contribution in [3.05, 3.63) is 90.3 Å². The van der Waals surface area contributed by atoms with E-state index >= 15 is 0 Å². The summed E-state index contributed by atoms with van der Waals surface area (Å²) in [6.07, 6.45) is 7.77. The lowest BCUT2D eigenvalue weighted by Crippen LogP contribution is -2.13. The van der Waals surface area contributed by atoms with Gasteiger partial charge in [-0.2, -0.15) is 5.10 Å². The van der Waals surface area contributed by atoms with Crippen LogP contribution in [0.15, 0.2) is 77.9 Å². The summed E-state index contributed by atoms with van der Waals surface area (Å²) in [5.41, 5.74) is 5.25. The van der Waals surface area contributed by atoms with Gasteiger partial charge in [0.15, 0.2) is 17.8 Å². The molecule has 32 heavy (non-hydrogen) atoms. The molecule has 0 saturated heterocycles. The van der Waals surface area contributed by atoms with Gasteiger partial charge in [0.05, 0.1) is 11.9 Å². The Labute approximate surface area is 185 Å². The number of carbonyl (C=O) groups excluding carboxylic acids is 1. The molecule has 0 saturated carbocycles. The maximum atomic E-state index is 12.8. The maximum absolute atomic E-state index is 12.8. The van der Waals surface area contributed by atoms with Crippen molar-refractivity contribution in [3.63, 3.8) is 0 Å². The van der Waals surface area contributed by atoms with E-state index in [1.807, 2.05) is 48.1 Å². The van der Waals surface area contributed by atoms with Gasteiger partial charge in [0.1, 0.15) is 0 Å². The first kappa shape index (κ1) is 19.8. The van der Waals surface area contributed by atoms with Crippen molar-refractivity contribution >= 4 is 22.5 Å². The molecule has 1 N–H and O–H groups in total. The van der Waals surface area contributed by atoms with E-state index in [0.29, 0.717) is 18.0 Å². The van der Waals surface area contributed by atoms with Gasteiger partial charge in [-0.15, -0.1) is 0 Å². The van der Waals surface area contributed by atoms with Gasteiger partial charge in [-0.05, 0) is 31.0 Å². The molecule has 0 radical (unpaired) electrons. The van der Waals surface area contributed by atoms with E-state index in [2.05, 4.69) is 51.4 Å². The average molecular weight is 425 g/mol. The number of nitrogens with one attached hydrogen (secondary N) is 1. The van der Waals surface area contributed by atoms with Crippen LogP contribution in [-0.2, 0) is 20.0 Å². The Hall–Kier alpha value is -4.13. The molecule has 2 aromatic carbocycles. The molecule has 0 bridgehead atoms. The number of oxazole rings is 1. The molecule has 5 rings (SSSR count). The number of aromatic nitrogens is 4. The van der Waals surface area contributed by atoms with Gasteiger partial charge in [-0.1, -0.05) is 42.0 Å². The summed E-state index contributed by atoms with van der Waals surface area (Å²) in [6, 6.07) is 16.1. The van der Waals surface area contributed by atoms with E-state index in [4.69, 9.17) is 4.42 Å². The first-order valence-electron chi connectivity index (χ1n) is 10.5. The largest absolute Gasteiger partial charge is 0.443 e. The summed E-state index contributed by atoms with van der Waals surface area (Å²) < 4.78 is 9.48. The summed E-state index contributed by atoms with van der Waals surface area (Å²) in [5, 5.41) is 8.52. The number of anilines is 1. The Morgan fingerprint density at radius 1 is 1.12 bits per heavy atom.